The molecule has 168 valence electrons. The molecule has 0 saturated heterocycles. The first kappa shape index (κ1) is 23.0. The van der Waals surface area contributed by atoms with Crippen molar-refractivity contribution in [1.82, 2.24) is 0 Å². The zero-order valence-electron chi connectivity index (χ0n) is 17.4. The zero-order valence-corrected chi connectivity index (χ0v) is 17.4. The molecule has 3 rings (SSSR count). The van der Waals surface area contributed by atoms with Crippen LogP contribution in [0.25, 0.3) is 0 Å². The highest BCUT2D eigenvalue weighted by Crippen LogP contribution is 2.34. The maximum atomic E-state index is 13.8. The predicted octanol–water partition coefficient (Wildman–Crippen LogP) is 3.64. The number of carbonyl (C=O) groups is 1. The van der Waals surface area contributed by atoms with Crippen LogP contribution in [0.1, 0.15) is 41.9 Å². The molecule has 0 aliphatic carbocycles. The van der Waals surface area contributed by atoms with Gasteiger partial charge in [0.25, 0.3) is 0 Å². The Bertz CT molecular complexity index is 1120. The maximum Gasteiger partial charge on any atom is 0.306 e. The van der Waals surface area contributed by atoms with Crippen LogP contribution in [-0.2, 0) is 22.7 Å². The van der Waals surface area contributed by atoms with Crippen LogP contribution in [0, 0.1) is 5.82 Å². The molecule has 2 aromatic carbocycles. The molecule has 8 heteroatoms. The Balaban J connectivity index is 1.88. The van der Waals surface area contributed by atoms with Crippen molar-refractivity contribution in [2.75, 3.05) is 6.61 Å². The summed E-state index contributed by atoms with van der Waals surface area (Å²) in [7, 11) is 0. The SMILES string of the molecule is CCOC(=O)C[C@H](c1ccc(OCc2ccccc2F)cc1)c1oc(CO)cc(=O)c1O. The fraction of sp³-hybridized carbons (Fsp3) is 0.250. The van der Waals surface area contributed by atoms with Crippen LogP contribution in [0.15, 0.2) is 63.8 Å². The summed E-state index contributed by atoms with van der Waals surface area (Å²) in [6.07, 6.45) is -0.200. The summed E-state index contributed by atoms with van der Waals surface area (Å²) >= 11 is 0. The van der Waals surface area contributed by atoms with Crippen LogP contribution in [-0.4, -0.2) is 22.8 Å². The van der Waals surface area contributed by atoms with Gasteiger partial charge < -0.3 is 24.1 Å². The van der Waals surface area contributed by atoms with Crippen molar-refractivity contribution in [1.29, 1.82) is 0 Å². The van der Waals surface area contributed by atoms with E-state index in [2.05, 4.69) is 0 Å². The van der Waals surface area contributed by atoms with E-state index >= 15 is 0 Å². The largest absolute Gasteiger partial charge is 0.502 e. The molecule has 0 aliphatic rings. The van der Waals surface area contributed by atoms with E-state index in [1.807, 2.05) is 0 Å². The van der Waals surface area contributed by atoms with Crippen LogP contribution in [0.4, 0.5) is 4.39 Å². The molecule has 32 heavy (non-hydrogen) atoms. The third-order valence-corrected chi connectivity index (χ3v) is 4.78. The van der Waals surface area contributed by atoms with Crippen molar-refractivity contribution in [2.45, 2.75) is 32.5 Å². The summed E-state index contributed by atoms with van der Waals surface area (Å²) < 4.78 is 29.9. The van der Waals surface area contributed by atoms with Gasteiger partial charge in [-0.2, -0.15) is 0 Å². The average Bonchev–Trinajstić information content (AvgIpc) is 2.79. The summed E-state index contributed by atoms with van der Waals surface area (Å²) in [5.41, 5.74) is 0.225. The first-order valence-electron chi connectivity index (χ1n) is 10.0. The minimum Gasteiger partial charge on any atom is -0.502 e. The second-order valence-corrected chi connectivity index (χ2v) is 6.96. The highest BCUT2D eigenvalue weighted by Gasteiger charge is 2.26. The van der Waals surface area contributed by atoms with E-state index in [-0.39, 0.29) is 37.0 Å². The van der Waals surface area contributed by atoms with Gasteiger partial charge in [-0.05, 0) is 30.7 Å². The summed E-state index contributed by atoms with van der Waals surface area (Å²) in [6.45, 7) is 1.32. The molecule has 0 saturated carbocycles. The summed E-state index contributed by atoms with van der Waals surface area (Å²) in [5.74, 6) is -2.12. The molecule has 0 radical (unpaired) electrons. The van der Waals surface area contributed by atoms with Crippen molar-refractivity contribution in [2.24, 2.45) is 0 Å². The molecule has 1 heterocycles. The standard InChI is InChI=1S/C24H23FO7/c1-2-30-22(28)12-19(24-23(29)21(27)11-18(13-26)32-24)15-7-9-17(10-8-15)31-14-16-5-3-4-6-20(16)25/h3-11,19,26,29H,2,12-14H2,1H3/t19-/m1/s1. The van der Waals surface area contributed by atoms with Gasteiger partial charge in [0.05, 0.1) is 18.9 Å². The average molecular weight is 442 g/mol. The second kappa shape index (κ2) is 10.6. The van der Waals surface area contributed by atoms with Crippen LogP contribution < -0.4 is 10.2 Å². The fourth-order valence-electron chi connectivity index (χ4n) is 3.19. The minimum absolute atomic E-state index is 0.0342. The smallest absolute Gasteiger partial charge is 0.306 e. The van der Waals surface area contributed by atoms with Gasteiger partial charge in [-0.3, -0.25) is 9.59 Å². The molecular weight excluding hydrogens is 419 g/mol. The van der Waals surface area contributed by atoms with Gasteiger partial charge >= 0.3 is 5.97 Å². The van der Waals surface area contributed by atoms with E-state index in [0.717, 1.165) is 6.07 Å². The Morgan fingerprint density at radius 2 is 1.88 bits per heavy atom. The lowest BCUT2D eigenvalue weighted by Gasteiger charge is -2.18. The van der Waals surface area contributed by atoms with Crippen molar-refractivity contribution in [3.05, 3.63) is 93.3 Å². The van der Waals surface area contributed by atoms with E-state index in [9.17, 15) is 24.2 Å². The fourth-order valence-corrected chi connectivity index (χ4v) is 3.19. The molecule has 1 aromatic heterocycles. The molecule has 0 fully saturated rings. The summed E-state index contributed by atoms with van der Waals surface area (Å²) in [5, 5.41) is 19.6. The van der Waals surface area contributed by atoms with Gasteiger partial charge in [0.1, 0.15) is 30.5 Å². The van der Waals surface area contributed by atoms with E-state index in [1.54, 1.807) is 49.4 Å². The van der Waals surface area contributed by atoms with Gasteiger partial charge in [-0.15, -0.1) is 0 Å². The Morgan fingerprint density at radius 3 is 2.53 bits per heavy atom. The molecular formula is C24H23FO7. The number of carbonyl (C=O) groups excluding carboxylic acids is 1. The molecule has 1 atom stereocenters. The summed E-state index contributed by atoms with van der Waals surface area (Å²) in [4.78, 5) is 24.3. The topological polar surface area (TPSA) is 106 Å². The minimum atomic E-state index is -0.839. The number of aliphatic hydroxyl groups excluding tert-OH is 1. The lowest BCUT2D eigenvalue weighted by molar-refractivity contribution is -0.143. The number of rotatable bonds is 9. The first-order chi connectivity index (χ1) is 15.4. The van der Waals surface area contributed by atoms with Crippen molar-refractivity contribution in [3.63, 3.8) is 0 Å². The Hall–Kier alpha value is -3.65. The number of hydrogen-bond donors (Lipinski definition) is 2. The van der Waals surface area contributed by atoms with E-state index in [0.29, 0.717) is 16.9 Å². The molecule has 7 nitrogen and oxygen atoms in total. The second-order valence-electron chi connectivity index (χ2n) is 6.96. The Kier molecular flexibility index (Phi) is 7.62. The first-order valence-corrected chi connectivity index (χ1v) is 10.0. The highest BCUT2D eigenvalue weighted by molar-refractivity contribution is 5.71. The van der Waals surface area contributed by atoms with Gasteiger partial charge in [-0.1, -0.05) is 30.3 Å². The van der Waals surface area contributed by atoms with Crippen molar-refractivity contribution < 1.29 is 33.3 Å². The third kappa shape index (κ3) is 5.53. The van der Waals surface area contributed by atoms with Gasteiger partial charge in [0, 0.05) is 11.6 Å². The number of hydrogen-bond acceptors (Lipinski definition) is 7. The van der Waals surface area contributed by atoms with E-state index in [1.165, 1.54) is 6.07 Å². The number of aromatic hydroxyl groups is 1. The zero-order chi connectivity index (χ0) is 23.1. The Labute approximate surface area is 183 Å². The number of aliphatic hydroxyl groups is 1. The molecule has 0 bridgehead atoms. The van der Waals surface area contributed by atoms with Gasteiger partial charge in [0.2, 0.25) is 11.2 Å². The van der Waals surface area contributed by atoms with Crippen LogP contribution in [0.2, 0.25) is 0 Å². The maximum absolute atomic E-state index is 13.8. The molecule has 2 N–H and O–H groups in total. The van der Waals surface area contributed by atoms with E-state index in [4.69, 9.17) is 13.9 Å². The number of esters is 1. The van der Waals surface area contributed by atoms with Crippen molar-refractivity contribution >= 4 is 5.97 Å². The monoisotopic (exact) mass is 442 g/mol. The molecule has 0 aliphatic heterocycles. The molecule has 0 unspecified atom stereocenters. The predicted molar refractivity (Wildman–Crippen MR) is 113 cm³/mol. The molecule has 3 aromatic rings. The van der Waals surface area contributed by atoms with E-state index < -0.39 is 29.7 Å². The lowest BCUT2D eigenvalue weighted by atomic mass is 9.92. The van der Waals surface area contributed by atoms with Gasteiger partial charge in [0.15, 0.2) is 5.76 Å². The number of benzene rings is 2. The van der Waals surface area contributed by atoms with Crippen LogP contribution >= 0.6 is 0 Å². The highest BCUT2D eigenvalue weighted by atomic mass is 19.1. The Morgan fingerprint density at radius 1 is 1.16 bits per heavy atom. The van der Waals surface area contributed by atoms with Gasteiger partial charge in [-0.25, -0.2) is 4.39 Å². The van der Waals surface area contributed by atoms with Crippen LogP contribution in [0.3, 0.4) is 0 Å². The third-order valence-electron chi connectivity index (χ3n) is 4.78. The number of ether oxygens (including phenoxy) is 2. The lowest BCUT2D eigenvalue weighted by Crippen LogP contribution is -2.15. The normalized spacial score (nSPS) is 11.7. The quantitative estimate of drug-likeness (QED) is 0.487. The number of halogens is 1. The van der Waals surface area contributed by atoms with Crippen LogP contribution in [0.5, 0.6) is 11.5 Å². The molecule has 0 amide bonds. The summed E-state index contributed by atoms with van der Waals surface area (Å²) in [6, 6.07) is 13.8. The van der Waals surface area contributed by atoms with Crippen molar-refractivity contribution in [3.8, 4) is 11.5 Å². The molecule has 0 spiro atoms.